The van der Waals surface area contributed by atoms with Gasteiger partial charge in [0.25, 0.3) is 5.56 Å². The van der Waals surface area contributed by atoms with Crippen LogP contribution in [0.15, 0.2) is 16.4 Å². The summed E-state index contributed by atoms with van der Waals surface area (Å²) in [5.41, 5.74) is 0.697. The van der Waals surface area contributed by atoms with Gasteiger partial charge in [0.1, 0.15) is 11.6 Å². The molecule has 1 N–H and O–H groups in total. The van der Waals surface area contributed by atoms with Crippen LogP contribution in [-0.4, -0.2) is 27.8 Å². The molecule has 9 heteroatoms. The predicted octanol–water partition coefficient (Wildman–Crippen LogP) is 1.45. The van der Waals surface area contributed by atoms with Crippen molar-refractivity contribution in [2.45, 2.75) is 20.0 Å². The summed E-state index contributed by atoms with van der Waals surface area (Å²) in [5, 5.41) is 9.74. The van der Waals surface area contributed by atoms with E-state index >= 15 is 0 Å². The lowest BCUT2D eigenvalue weighted by molar-refractivity contribution is -0.141. The minimum atomic E-state index is -0.570. The Kier molecular flexibility index (Phi) is 4.92. The standard InChI is InChI=1S/C12H13ClN4O3S/c1-7-16-8(6-21-7)3-14-9-4-15-17(5-10(18)20-2)12(19)11(9)13/h4,6,14H,3,5H2,1-2H3. The number of halogens is 1. The molecular formula is C12H13ClN4O3S. The fourth-order valence-electron chi connectivity index (χ4n) is 1.56. The number of carbonyl (C=O) groups excluding carboxylic acids is 1. The maximum Gasteiger partial charge on any atom is 0.327 e. The first-order valence-electron chi connectivity index (χ1n) is 5.98. The van der Waals surface area contributed by atoms with Crippen LogP contribution in [0.1, 0.15) is 10.7 Å². The summed E-state index contributed by atoms with van der Waals surface area (Å²) in [4.78, 5) is 27.4. The number of aromatic nitrogens is 3. The van der Waals surface area contributed by atoms with Crippen molar-refractivity contribution in [3.63, 3.8) is 0 Å². The molecule has 21 heavy (non-hydrogen) atoms. The molecule has 0 spiro atoms. The Morgan fingerprint density at radius 1 is 1.57 bits per heavy atom. The van der Waals surface area contributed by atoms with E-state index in [9.17, 15) is 9.59 Å². The van der Waals surface area contributed by atoms with Crippen molar-refractivity contribution in [3.05, 3.63) is 37.7 Å². The van der Waals surface area contributed by atoms with Crippen LogP contribution < -0.4 is 10.9 Å². The van der Waals surface area contributed by atoms with E-state index in [0.717, 1.165) is 15.4 Å². The number of hydrogen-bond acceptors (Lipinski definition) is 7. The van der Waals surface area contributed by atoms with Gasteiger partial charge in [0.2, 0.25) is 0 Å². The number of rotatable bonds is 5. The maximum absolute atomic E-state index is 12.0. The number of methoxy groups -OCH3 is 1. The van der Waals surface area contributed by atoms with Crippen LogP contribution in [0.3, 0.4) is 0 Å². The number of nitrogens with one attached hydrogen (secondary N) is 1. The fourth-order valence-corrected chi connectivity index (χ4v) is 2.39. The lowest BCUT2D eigenvalue weighted by atomic mass is 10.4. The Morgan fingerprint density at radius 2 is 2.33 bits per heavy atom. The average Bonchev–Trinajstić information content (AvgIpc) is 2.88. The summed E-state index contributed by atoms with van der Waals surface area (Å²) in [7, 11) is 1.24. The molecule has 0 unspecified atom stereocenters. The van der Waals surface area contributed by atoms with E-state index in [4.69, 9.17) is 11.6 Å². The zero-order chi connectivity index (χ0) is 15.4. The second kappa shape index (κ2) is 6.68. The van der Waals surface area contributed by atoms with Gasteiger partial charge in [0.15, 0.2) is 0 Å². The molecule has 0 fully saturated rings. The molecule has 0 aliphatic carbocycles. The fraction of sp³-hybridized carbons (Fsp3) is 0.333. The highest BCUT2D eigenvalue weighted by atomic mass is 35.5. The SMILES string of the molecule is COC(=O)Cn1ncc(NCc2csc(C)n2)c(Cl)c1=O. The third-order valence-electron chi connectivity index (χ3n) is 2.62. The Hall–Kier alpha value is -1.93. The number of nitrogens with zero attached hydrogens (tertiary/aromatic N) is 3. The van der Waals surface area contributed by atoms with Crippen LogP contribution in [0.5, 0.6) is 0 Å². The highest BCUT2D eigenvalue weighted by Crippen LogP contribution is 2.17. The monoisotopic (exact) mass is 328 g/mol. The number of ether oxygens (including phenoxy) is 1. The van der Waals surface area contributed by atoms with Crippen molar-refractivity contribution < 1.29 is 9.53 Å². The van der Waals surface area contributed by atoms with Crippen molar-refractivity contribution in [1.82, 2.24) is 14.8 Å². The largest absolute Gasteiger partial charge is 0.468 e. The highest BCUT2D eigenvalue weighted by Gasteiger charge is 2.12. The van der Waals surface area contributed by atoms with Crippen LogP contribution in [0, 0.1) is 6.92 Å². The second-order valence-corrected chi connectivity index (χ2v) is 5.56. The Bertz CT molecular complexity index is 713. The molecule has 112 valence electrons. The third-order valence-corrected chi connectivity index (χ3v) is 3.81. The van der Waals surface area contributed by atoms with E-state index in [1.165, 1.54) is 13.3 Å². The summed E-state index contributed by atoms with van der Waals surface area (Å²) in [6, 6.07) is 0. The van der Waals surface area contributed by atoms with E-state index in [1.54, 1.807) is 11.3 Å². The molecule has 2 heterocycles. The Morgan fingerprint density at radius 3 is 2.95 bits per heavy atom. The average molecular weight is 329 g/mol. The Labute approximate surface area is 129 Å². The van der Waals surface area contributed by atoms with Crippen LogP contribution in [0.4, 0.5) is 5.69 Å². The van der Waals surface area contributed by atoms with E-state index in [0.29, 0.717) is 12.2 Å². The van der Waals surface area contributed by atoms with E-state index in [1.807, 2.05) is 12.3 Å². The van der Waals surface area contributed by atoms with Gasteiger partial charge in [0, 0.05) is 5.38 Å². The summed E-state index contributed by atoms with van der Waals surface area (Å²) in [6.45, 7) is 2.07. The number of esters is 1. The van der Waals surface area contributed by atoms with Crippen molar-refractivity contribution in [2.24, 2.45) is 0 Å². The summed E-state index contributed by atoms with van der Waals surface area (Å²) >= 11 is 7.53. The molecule has 0 saturated heterocycles. The number of thiazole rings is 1. The van der Waals surface area contributed by atoms with E-state index in [-0.39, 0.29) is 11.6 Å². The van der Waals surface area contributed by atoms with E-state index in [2.05, 4.69) is 20.1 Å². The molecule has 0 aromatic carbocycles. The van der Waals surface area contributed by atoms with Crippen LogP contribution >= 0.6 is 22.9 Å². The molecule has 0 atom stereocenters. The van der Waals surface area contributed by atoms with Gasteiger partial charge in [-0.05, 0) is 6.92 Å². The molecule has 0 radical (unpaired) electrons. The van der Waals surface area contributed by atoms with E-state index < -0.39 is 11.5 Å². The topological polar surface area (TPSA) is 86.1 Å². The summed E-state index contributed by atoms with van der Waals surface area (Å²) < 4.78 is 5.43. The molecule has 2 aromatic rings. The van der Waals surface area contributed by atoms with Crippen LogP contribution in [0.25, 0.3) is 0 Å². The number of hydrogen-bond donors (Lipinski definition) is 1. The summed E-state index contributed by atoms with van der Waals surface area (Å²) in [6.07, 6.45) is 1.39. The first-order valence-corrected chi connectivity index (χ1v) is 7.24. The predicted molar refractivity (Wildman–Crippen MR) is 79.7 cm³/mol. The molecule has 0 aliphatic rings. The molecule has 0 aliphatic heterocycles. The highest BCUT2D eigenvalue weighted by molar-refractivity contribution is 7.09. The lowest BCUT2D eigenvalue weighted by Crippen LogP contribution is -2.28. The van der Waals surface area contributed by atoms with Crippen molar-refractivity contribution >= 4 is 34.6 Å². The summed E-state index contributed by atoms with van der Waals surface area (Å²) in [5.74, 6) is -0.570. The molecule has 7 nitrogen and oxygen atoms in total. The molecule has 2 aromatic heterocycles. The Balaban J connectivity index is 2.13. The van der Waals surface area contributed by atoms with Crippen molar-refractivity contribution in [2.75, 3.05) is 12.4 Å². The van der Waals surface area contributed by atoms with Gasteiger partial charge in [0.05, 0.1) is 36.2 Å². The van der Waals surface area contributed by atoms with Crippen LogP contribution in [-0.2, 0) is 22.6 Å². The minimum Gasteiger partial charge on any atom is -0.468 e. The molecule has 0 bridgehead atoms. The van der Waals surface area contributed by atoms with Gasteiger partial charge in [-0.15, -0.1) is 11.3 Å². The minimum absolute atomic E-state index is 0.0270. The van der Waals surface area contributed by atoms with Crippen molar-refractivity contribution in [1.29, 1.82) is 0 Å². The first kappa shape index (κ1) is 15.5. The number of aryl methyl sites for hydroxylation is 1. The van der Waals surface area contributed by atoms with Gasteiger partial charge < -0.3 is 10.1 Å². The van der Waals surface area contributed by atoms with Crippen molar-refractivity contribution in [3.8, 4) is 0 Å². The molecule has 0 saturated carbocycles. The van der Waals surface area contributed by atoms with Crippen LogP contribution in [0.2, 0.25) is 5.02 Å². The van der Waals surface area contributed by atoms with Gasteiger partial charge in [-0.3, -0.25) is 9.59 Å². The first-order chi connectivity index (χ1) is 10.0. The van der Waals surface area contributed by atoms with Gasteiger partial charge in [-0.1, -0.05) is 11.6 Å². The molecule has 2 rings (SSSR count). The molecule has 0 amide bonds. The van der Waals surface area contributed by atoms with Gasteiger partial charge in [-0.25, -0.2) is 9.67 Å². The number of anilines is 1. The smallest absolute Gasteiger partial charge is 0.327 e. The van der Waals surface area contributed by atoms with Gasteiger partial charge in [-0.2, -0.15) is 5.10 Å². The normalized spacial score (nSPS) is 10.4. The zero-order valence-electron chi connectivity index (χ0n) is 11.4. The zero-order valence-corrected chi connectivity index (χ0v) is 13.0. The maximum atomic E-state index is 12.0. The third kappa shape index (κ3) is 3.79. The lowest BCUT2D eigenvalue weighted by Gasteiger charge is -2.08. The quantitative estimate of drug-likeness (QED) is 0.836. The second-order valence-electron chi connectivity index (χ2n) is 4.12. The number of carbonyl (C=O) groups is 1. The van der Waals surface area contributed by atoms with Gasteiger partial charge >= 0.3 is 5.97 Å². The molecular weight excluding hydrogens is 316 g/mol.